The van der Waals surface area contributed by atoms with Crippen LogP contribution in [0.4, 0.5) is 5.82 Å². The molecule has 2 rings (SSSR count). The summed E-state index contributed by atoms with van der Waals surface area (Å²) in [6.07, 6.45) is 1.79. The predicted octanol–water partition coefficient (Wildman–Crippen LogP) is 1.54. The van der Waals surface area contributed by atoms with Gasteiger partial charge in [0, 0.05) is 18.2 Å². The molecule has 4 heteroatoms. The Labute approximate surface area is 90.1 Å². The highest BCUT2D eigenvalue weighted by molar-refractivity contribution is 5.39. The van der Waals surface area contributed by atoms with Crippen LogP contribution in [0, 0.1) is 19.3 Å². The summed E-state index contributed by atoms with van der Waals surface area (Å²) in [7, 11) is 0. The smallest absolute Gasteiger partial charge is 0.147 e. The van der Waals surface area contributed by atoms with Crippen molar-refractivity contribution in [1.82, 2.24) is 9.97 Å². The highest BCUT2D eigenvalue weighted by Crippen LogP contribution is 2.26. The van der Waals surface area contributed by atoms with Gasteiger partial charge in [0.2, 0.25) is 0 Å². The molecular formula is C11H17N3O. The van der Waals surface area contributed by atoms with Crippen molar-refractivity contribution < 1.29 is 4.74 Å². The number of ether oxygens (including phenoxy) is 1. The van der Waals surface area contributed by atoms with E-state index in [1.807, 2.05) is 13.8 Å². The van der Waals surface area contributed by atoms with E-state index in [1.165, 1.54) is 0 Å². The number of hydrogen-bond donors (Lipinski definition) is 1. The van der Waals surface area contributed by atoms with Gasteiger partial charge in [-0.25, -0.2) is 4.98 Å². The van der Waals surface area contributed by atoms with E-state index in [2.05, 4.69) is 22.2 Å². The molecule has 0 saturated carbocycles. The van der Waals surface area contributed by atoms with E-state index >= 15 is 0 Å². The summed E-state index contributed by atoms with van der Waals surface area (Å²) >= 11 is 0. The number of nitrogens with zero attached hydrogens (tertiary/aromatic N) is 2. The van der Waals surface area contributed by atoms with Crippen LogP contribution in [-0.2, 0) is 4.74 Å². The van der Waals surface area contributed by atoms with Crippen molar-refractivity contribution in [3.8, 4) is 0 Å². The first-order valence-electron chi connectivity index (χ1n) is 5.21. The molecule has 0 unspecified atom stereocenters. The van der Waals surface area contributed by atoms with Crippen molar-refractivity contribution in [3.05, 3.63) is 17.6 Å². The lowest BCUT2D eigenvalue weighted by atomic mass is 9.89. The molecule has 0 atom stereocenters. The minimum absolute atomic E-state index is 0.262. The maximum atomic E-state index is 5.20. The number of aryl methyl sites for hydroxylation is 2. The second kappa shape index (κ2) is 3.77. The lowest BCUT2D eigenvalue weighted by Crippen LogP contribution is -2.45. The van der Waals surface area contributed by atoms with Gasteiger partial charge in [-0.2, -0.15) is 0 Å². The Balaban J connectivity index is 2.01. The summed E-state index contributed by atoms with van der Waals surface area (Å²) in [6.45, 7) is 8.69. The van der Waals surface area contributed by atoms with E-state index in [0.717, 1.165) is 37.0 Å². The maximum absolute atomic E-state index is 5.20. The van der Waals surface area contributed by atoms with Crippen molar-refractivity contribution in [2.24, 2.45) is 5.41 Å². The SMILES string of the molecule is Cc1cnc(C)c(NCC2(C)COC2)n1. The zero-order valence-electron chi connectivity index (χ0n) is 9.50. The fraction of sp³-hybridized carbons (Fsp3) is 0.636. The molecule has 4 nitrogen and oxygen atoms in total. The molecule has 1 aromatic heterocycles. The Kier molecular flexibility index (Phi) is 2.61. The molecular weight excluding hydrogens is 190 g/mol. The number of rotatable bonds is 3. The van der Waals surface area contributed by atoms with Gasteiger partial charge in [-0.3, -0.25) is 4.98 Å². The van der Waals surface area contributed by atoms with Crippen LogP contribution in [0.3, 0.4) is 0 Å². The van der Waals surface area contributed by atoms with Crippen molar-refractivity contribution >= 4 is 5.82 Å². The van der Waals surface area contributed by atoms with Gasteiger partial charge in [0.25, 0.3) is 0 Å². The first-order valence-corrected chi connectivity index (χ1v) is 5.21. The van der Waals surface area contributed by atoms with Gasteiger partial charge in [-0.05, 0) is 13.8 Å². The lowest BCUT2D eigenvalue weighted by Gasteiger charge is -2.38. The van der Waals surface area contributed by atoms with E-state index in [9.17, 15) is 0 Å². The van der Waals surface area contributed by atoms with E-state index in [1.54, 1.807) is 6.20 Å². The van der Waals surface area contributed by atoms with Gasteiger partial charge >= 0.3 is 0 Å². The monoisotopic (exact) mass is 207 g/mol. The Morgan fingerprint density at radius 3 is 2.80 bits per heavy atom. The highest BCUT2D eigenvalue weighted by atomic mass is 16.5. The molecule has 1 aromatic rings. The molecule has 2 heterocycles. The summed E-state index contributed by atoms with van der Waals surface area (Å²) in [5.41, 5.74) is 2.15. The largest absolute Gasteiger partial charge is 0.380 e. The number of hydrogen-bond acceptors (Lipinski definition) is 4. The van der Waals surface area contributed by atoms with E-state index in [0.29, 0.717) is 0 Å². The predicted molar refractivity (Wildman–Crippen MR) is 58.9 cm³/mol. The Hall–Kier alpha value is -1.16. The second-order valence-corrected chi connectivity index (χ2v) is 4.60. The van der Waals surface area contributed by atoms with Gasteiger partial charge in [0.1, 0.15) is 5.82 Å². The molecule has 0 aliphatic carbocycles. The molecule has 0 amide bonds. The van der Waals surface area contributed by atoms with Crippen LogP contribution in [0.5, 0.6) is 0 Å². The fourth-order valence-electron chi connectivity index (χ4n) is 1.55. The third-order valence-corrected chi connectivity index (χ3v) is 2.66. The number of aromatic nitrogens is 2. The average Bonchev–Trinajstić information content (AvgIpc) is 2.17. The number of anilines is 1. The first kappa shape index (κ1) is 10.4. The molecule has 0 radical (unpaired) electrons. The summed E-state index contributed by atoms with van der Waals surface area (Å²) in [4.78, 5) is 8.69. The average molecular weight is 207 g/mol. The lowest BCUT2D eigenvalue weighted by molar-refractivity contribution is -0.0924. The van der Waals surface area contributed by atoms with Crippen LogP contribution >= 0.6 is 0 Å². The third-order valence-electron chi connectivity index (χ3n) is 2.66. The molecule has 1 aliphatic heterocycles. The minimum atomic E-state index is 0.262. The van der Waals surface area contributed by atoms with Crippen molar-refractivity contribution in [2.45, 2.75) is 20.8 Å². The summed E-state index contributed by atoms with van der Waals surface area (Å²) in [5.74, 6) is 0.892. The van der Waals surface area contributed by atoms with Crippen LogP contribution < -0.4 is 5.32 Å². The normalized spacial score (nSPS) is 18.3. The Bertz CT molecular complexity index is 361. The molecule has 1 saturated heterocycles. The van der Waals surface area contributed by atoms with Crippen LogP contribution in [0.25, 0.3) is 0 Å². The topological polar surface area (TPSA) is 47.0 Å². The summed E-state index contributed by atoms with van der Waals surface area (Å²) in [5, 5.41) is 3.34. The standard InChI is InChI=1S/C11H17N3O/c1-8-4-12-9(2)10(14-8)13-5-11(3)6-15-7-11/h4H,5-7H2,1-3H3,(H,13,14). The molecule has 1 N–H and O–H groups in total. The molecule has 82 valence electrons. The van der Waals surface area contributed by atoms with Crippen LogP contribution in [-0.4, -0.2) is 29.7 Å². The molecule has 1 aliphatic rings. The first-order chi connectivity index (χ1) is 7.09. The fourth-order valence-corrected chi connectivity index (χ4v) is 1.55. The van der Waals surface area contributed by atoms with E-state index in [-0.39, 0.29) is 5.41 Å². The van der Waals surface area contributed by atoms with Gasteiger partial charge in [-0.1, -0.05) is 6.92 Å². The maximum Gasteiger partial charge on any atom is 0.147 e. The van der Waals surface area contributed by atoms with Gasteiger partial charge in [0.05, 0.1) is 24.6 Å². The van der Waals surface area contributed by atoms with E-state index < -0.39 is 0 Å². The third kappa shape index (κ3) is 2.26. The Morgan fingerprint density at radius 1 is 1.47 bits per heavy atom. The zero-order valence-corrected chi connectivity index (χ0v) is 9.50. The molecule has 0 bridgehead atoms. The van der Waals surface area contributed by atoms with Crippen molar-refractivity contribution in [2.75, 3.05) is 25.1 Å². The van der Waals surface area contributed by atoms with Gasteiger partial charge < -0.3 is 10.1 Å². The number of nitrogens with one attached hydrogen (secondary N) is 1. The van der Waals surface area contributed by atoms with Crippen molar-refractivity contribution in [1.29, 1.82) is 0 Å². The molecule has 0 aromatic carbocycles. The minimum Gasteiger partial charge on any atom is -0.380 e. The van der Waals surface area contributed by atoms with Crippen LogP contribution in [0.15, 0.2) is 6.20 Å². The molecule has 0 spiro atoms. The van der Waals surface area contributed by atoms with Gasteiger partial charge in [-0.15, -0.1) is 0 Å². The highest BCUT2D eigenvalue weighted by Gasteiger charge is 2.33. The molecule has 15 heavy (non-hydrogen) atoms. The van der Waals surface area contributed by atoms with Crippen molar-refractivity contribution in [3.63, 3.8) is 0 Å². The second-order valence-electron chi connectivity index (χ2n) is 4.60. The Morgan fingerprint density at radius 2 is 2.20 bits per heavy atom. The quantitative estimate of drug-likeness (QED) is 0.816. The van der Waals surface area contributed by atoms with Gasteiger partial charge in [0.15, 0.2) is 0 Å². The zero-order chi connectivity index (χ0) is 10.9. The summed E-state index contributed by atoms with van der Waals surface area (Å²) in [6, 6.07) is 0. The molecule has 1 fully saturated rings. The summed E-state index contributed by atoms with van der Waals surface area (Å²) < 4.78 is 5.20. The van der Waals surface area contributed by atoms with E-state index in [4.69, 9.17) is 4.74 Å². The van der Waals surface area contributed by atoms with Crippen LogP contribution in [0.1, 0.15) is 18.3 Å². The van der Waals surface area contributed by atoms with Crippen LogP contribution in [0.2, 0.25) is 0 Å².